The summed E-state index contributed by atoms with van der Waals surface area (Å²) in [6.45, 7) is 0.0216. The second kappa shape index (κ2) is 8.42. The van der Waals surface area contributed by atoms with Gasteiger partial charge in [0.15, 0.2) is 18.3 Å². The Morgan fingerprint density at radius 2 is 1.86 bits per heavy atom. The quantitative estimate of drug-likeness (QED) is 0.308. The molecule has 0 unspecified atom stereocenters. The SMILES string of the molecule is COC(=O)COc1ccc(C(=O)CN2Cc3cc(N=C(N)N)ccc3C2=O)cc1. The number of amides is 1. The van der Waals surface area contributed by atoms with E-state index in [1.54, 1.807) is 42.5 Å². The van der Waals surface area contributed by atoms with Crippen molar-refractivity contribution in [2.75, 3.05) is 20.3 Å². The first kappa shape index (κ1) is 19.9. The van der Waals surface area contributed by atoms with E-state index < -0.39 is 5.97 Å². The number of rotatable bonds is 7. The van der Waals surface area contributed by atoms with Crippen LogP contribution in [0.1, 0.15) is 26.3 Å². The van der Waals surface area contributed by atoms with Gasteiger partial charge in [-0.1, -0.05) is 0 Å². The molecule has 1 aliphatic heterocycles. The molecule has 150 valence electrons. The number of carbonyl (C=O) groups excluding carboxylic acids is 3. The number of ether oxygens (including phenoxy) is 2. The van der Waals surface area contributed by atoms with Gasteiger partial charge in [0.25, 0.3) is 5.91 Å². The Labute approximate surface area is 166 Å². The fraction of sp³-hybridized carbons (Fsp3) is 0.200. The van der Waals surface area contributed by atoms with Crippen molar-refractivity contribution in [2.45, 2.75) is 6.54 Å². The lowest BCUT2D eigenvalue weighted by Gasteiger charge is -2.14. The Morgan fingerprint density at radius 3 is 2.52 bits per heavy atom. The number of methoxy groups -OCH3 is 1. The number of aliphatic imine (C=N–C) groups is 1. The topological polar surface area (TPSA) is 137 Å². The molecule has 0 atom stereocenters. The number of nitrogens with two attached hydrogens (primary N) is 2. The van der Waals surface area contributed by atoms with Crippen LogP contribution in [0.25, 0.3) is 0 Å². The standard InChI is InChI=1S/C20H20N4O5/c1-28-18(26)11-29-15-5-2-12(3-6-15)17(25)10-24-9-13-8-14(23-20(21)22)4-7-16(13)19(24)27/h2-8H,9-11H2,1H3,(H4,21,22,23). The van der Waals surface area contributed by atoms with Crippen molar-refractivity contribution < 1.29 is 23.9 Å². The number of guanidine groups is 1. The summed E-state index contributed by atoms with van der Waals surface area (Å²) in [5, 5.41) is 0. The van der Waals surface area contributed by atoms with Crippen LogP contribution in [0.5, 0.6) is 5.75 Å². The van der Waals surface area contributed by atoms with Gasteiger partial charge in [-0.25, -0.2) is 9.79 Å². The monoisotopic (exact) mass is 396 g/mol. The van der Waals surface area contributed by atoms with Crippen molar-refractivity contribution in [2.24, 2.45) is 16.5 Å². The molecule has 2 aromatic rings. The Morgan fingerprint density at radius 1 is 1.14 bits per heavy atom. The normalized spacial score (nSPS) is 12.3. The number of ketones is 1. The molecule has 1 heterocycles. The van der Waals surface area contributed by atoms with Crippen LogP contribution < -0.4 is 16.2 Å². The number of carbonyl (C=O) groups is 3. The van der Waals surface area contributed by atoms with Crippen LogP contribution in [-0.2, 0) is 16.1 Å². The van der Waals surface area contributed by atoms with Gasteiger partial charge in [-0.15, -0.1) is 0 Å². The highest BCUT2D eigenvalue weighted by molar-refractivity contribution is 6.04. The highest BCUT2D eigenvalue weighted by Crippen LogP contribution is 2.27. The van der Waals surface area contributed by atoms with Gasteiger partial charge in [-0.05, 0) is 48.0 Å². The maximum absolute atomic E-state index is 12.6. The number of benzene rings is 2. The zero-order valence-corrected chi connectivity index (χ0v) is 15.8. The lowest BCUT2D eigenvalue weighted by molar-refractivity contribution is -0.142. The van der Waals surface area contributed by atoms with E-state index in [1.165, 1.54) is 12.0 Å². The third-order valence-corrected chi connectivity index (χ3v) is 4.32. The van der Waals surface area contributed by atoms with Crippen molar-refractivity contribution in [1.82, 2.24) is 4.90 Å². The van der Waals surface area contributed by atoms with Crippen LogP contribution in [-0.4, -0.2) is 48.8 Å². The zero-order valence-electron chi connectivity index (χ0n) is 15.8. The van der Waals surface area contributed by atoms with Crippen molar-refractivity contribution >= 4 is 29.3 Å². The summed E-state index contributed by atoms with van der Waals surface area (Å²) in [6, 6.07) is 11.4. The summed E-state index contributed by atoms with van der Waals surface area (Å²) in [6.07, 6.45) is 0. The molecule has 2 aromatic carbocycles. The highest BCUT2D eigenvalue weighted by Gasteiger charge is 2.29. The van der Waals surface area contributed by atoms with Crippen molar-refractivity contribution in [3.05, 3.63) is 59.2 Å². The molecule has 0 aromatic heterocycles. The van der Waals surface area contributed by atoms with E-state index in [4.69, 9.17) is 16.2 Å². The molecule has 1 amide bonds. The summed E-state index contributed by atoms with van der Waals surface area (Å²) in [7, 11) is 1.27. The molecule has 9 nitrogen and oxygen atoms in total. The molecule has 0 aliphatic carbocycles. The molecule has 9 heteroatoms. The first-order valence-corrected chi connectivity index (χ1v) is 8.72. The largest absolute Gasteiger partial charge is 0.482 e. The Balaban J connectivity index is 1.64. The van der Waals surface area contributed by atoms with Gasteiger partial charge in [0, 0.05) is 17.7 Å². The third-order valence-electron chi connectivity index (χ3n) is 4.32. The van der Waals surface area contributed by atoms with Gasteiger partial charge < -0.3 is 25.8 Å². The first-order valence-electron chi connectivity index (χ1n) is 8.72. The van der Waals surface area contributed by atoms with E-state index in [0.29, 0.717) is 29.1 Å². The number of nitrogens with zero attached hydrogens (tertiary/aromatic N) is 2. The Kier molecular flexibility index (Phi) is 5.77. The van der Waals surface area contributed by atoms with E-state index >= 15 is 0 Å². The van der Waals surface area contributed by atoms with Crippen LogP contribution >= 0.6 is 0 Å². The van der Waals surface area contributed by atoms with Gasteiger partial charge in [-0.3, -0.25) is 9.59 Å². The molecule has 0 saturated heterocycles. The van der Waals surface area contributed by atoms with Crippen LogP contribution in [0, 0.1) is 0 Å². The predicted octanol–water partition coefficient (Wildman–Crippen LogP) is 0.982. The molecule has 29 heavy (non-hydrogen) atoms. The van der Waals surface area contributed by atoms with Gasteiger partial charge in [0.05, 0.1) is 19.3 Å². The van der Waals surface area contributed by atoms with Gasteiger partial charge >= 0.3 is 5.97 Å². The summed E-state index contributed by atoms with van der Waals surface area (Å²) in [5.41, 5.74) is 13.0. The minimum absolute atomic E-state index is 0.0620. The molecule has 0 fully saturated rings. The fourth-order valence-corrected chi connectivity index (χ4v) is 2.92. The first-order chi connectivity index (χ1) is 13.9. The fourth-order valence-electron chi connectivity index (χ4n) is 2.92. The van der Waals surface area contributed by atoms with Crippen LogP contribution in [0.2, 0.25) is 0 Å². The molecule has 4 N–H and O–H groups in total. The highest BCUT2D eigenvalue weighted by atomic mass is 16.6. The molecular weight excluding hydrogens is 376 g/mol. The van der Waals surface area contributed by atoms with E-state index in [0.717, 1.165) is 5.56 Å². The zero-order chi connectivity index (χ0) is 21.0. The number of esters is 1. The number of fused-ring (bicyclic) bond motifs is 1. The number of Topliss-reactive ketones (excluding diaryl/α,β-unsaturated/α-hetero) is 1. The van der Waals surface area contributed by atoms with E-state index in [2.05, 4.69) is 9.73 Å². The molecular formula is C20H20N4O5. The minimum atomic E-state index is -0.500. The third kappa shape index (κ3) is 4.70. The van der Waals surface area contributed by atoms with E-state index in [9.17, 15) is 14.4 Å². The van der Waals surface area contributed by atoms with Crippen molar-refractivity contribution in [3.63, 3.8) is 0 Å². The lowest BCUT2D eigenvalue weighted by Crippen LogP contribution is -2.30. The molecule has 0 bridgehead atoms. The summed E-state index contributed by atoms with van der Waals surface area (Å²) in [4.78, 5) is 41.7. The van der Waals surface area contributed by atoms with Gasteiger partial charge in [0.2, 0.25) is 0 Å². The summed E-state index contributed by atoms with van der Waals surface area (Å²) in [5.74, 6) is -0.567. The second-order valence-electron chi connectivity index (χ2n) is 6.35. The second-order valence-corrected chi connectivity index (χ2v) is 6.35. The summed E-state index contributed by atoms with van der Waals surface area (Å²) >= 11 is 0. The Hall–Kier alpha value is -3.88. The van der Waals surface area contributed by atoms with E-state index in [1.807, 2.05) is 0 Å². The van der Waals surface area contributed by atoms with Crippen LogP contribution in [0.4, 0.5) is 5.69 Å². The summed E-state index contributed by atoms with van der Waals surface area (Å²) < 4.78 is 9.74. The molecule has 0 radical (unpaired) electrons. The maximum atomic E-state index is 12.6. The van der Waals surface area contributed by atoms with E-state index in [-0.39, 0.29) is 30.8 Å². The van der Waals surface area contributed by atoms with Gasteiger partial charge in [-0.2, -0.15) is 0 Å². The predicted molar refractivity (Wildman–Crippen MR) is 105 cm³/mol. The van der Waals surface area contributed by atoms with Crippen LogP contribution in [0.3, 0.4) is 0 Å². The van der Waals surface area contributed by atoms with Gasteiger partial charge in [0.1, 0.15) is 5.75 Å². The molecule has 0 spiro atoms. The molecule has 3 rings (SSSR count). The Bertz CT molecular complexity index is 981. The molecule has 1 aliphatic rings. The lowest BCUT2D eigenvalue weighted by atomic mass is 10.1. The number of hydrogen-bond acceptors (Lipinski definition) is 6. The number of hydrogen-bond donors (Lipinski definition) is 2. The minimum Gasteiger partial charge on any atom is -0.482 e. The smallest absolute Gasteiger partial charge is 0.343 e. The van der Waals surface area contributed by atoms with Crippen molar-refractivity contribution in [3.8, 4) is 5.75 Å². The van der Waals surface area contributed by atoms with Crippen LogP contribution in [0.15, 0.2) is 47.5 Å². The maximum Gasteiger partial charge on any atom is 0.343 e. The average Bonchev–Trinajstić information content (AvgIpc) is 3.00. The van der Waals surface area contributed by atoms with Crippen molar-refractivity contribution in [1.29, 1.82) is 0 Å². The molecule has 0 saturated carbocycles. The average molecular weight is 396 g/mol.